The number of esters is 1. The number of benzene rings is 2. The number of aromatic nitrogens is 1. The van der Waals surface area contributed by atoms with Crippen molar-refractivity contribution < 1.29 is 38.8 Å². The molecule has 144 valence electrons. The first kappa shape index (κ1) is 21.5. The molecule has 0 saturated heterocycles. The number of methoxy groups -OCH3 is 1. The van der Waals surface area contributed by atoms with Gasteiger partial charge in [0, 0.05) is 10.9 Å². The third-order valence-electron chi connectivity index (χ3n) is 3.91. The molecule has 0 amide bonds. The van der Waals surface area contributed by atoms with Gasteiger partial charge in [-0.2, -0.15) is 0 Å². The van der Waals surface area contributed by atoms with Gasteiger partial charge in [-0.05, 0) is 24.3 Å². The van der Waals surface area contributed by atoms with Crippen molar-refractivity contribution in [3.05, 3.63) is 77.5 Å². The van der Waals surface area contributed by atoms with E-state index in [9.17, 15) is 4.79 Å². The minimum Gasteiger partial charge on any atom is -1.00 e. The lowest BCUT2D eigenvalue weighted by molar-refractivity contribution is -0.559. The molecular weight excluding hydrogens is 469 g/mol. The molecule has 1 heterocycles. The molecule has 4 N–H and O–H groups in total. The average molecular weight is 489 g/mol. The van der Waals surface area contributed by atoms with Gasteiger partial charge in [0.1, 0.15) is 6.54 Å². The summed E-state index contributed by atoms with van der Waals surface area (Å²) in [4.78, 5) is 15.9. The molecule has 3 rings (SSSR count). The van der Waals surface area contributed by atoms with Crippen LogP contribution in [-0.4, -0.2) is 30.2 Å². The van der Waals surface area contributed by atoms with Crippen LogP contribution in [0, 0.1) is 0 Å². The first-order chi connectivity index (χ1) is 13.2. The number of ether oxygens (including phenoxy) is 1. The zero-order valence-electron chi connectivity index (χ0n) is 15.2. The lowest BCUT2D eigenvalue weighted by Gasteiger charge is -2.02. The van der Waals surface area contributed by atoms with Crippen LogP contribution in [0.1, 0.15) is 21.6 Å². The van der Waals surface area contributed by atoms with E-state index >= 15 is 0 Å². The van der Waals surface area contributed by atoms with Crippen molar-refractivity contribution in [2.24, 2.45) is 15.9 Å². The van der Waals surface area contributed by atoms with Gasteiger partial charge >= 0.3 is 11.9 Å². The lowest BCUT2D eigenvalue weighted by atomic mass is 10.1. The molecule has 0 aliphatic heterocycles. The molecule has 0 aliphatic carbocycles. The van der Waals surface area contributed by atoms with Crippen LogP contribution in [-0.2, 0) is 11.3 Å². The second-order valence-corrected chi connectivity index (χ2v) is 5.80. The van der Waals surface area contributed by atoms with Crippen molar-refractivity contribution in [1.29, 1.82) is 0 Å². The summed E-state index contributed by atoms with van der Waals surface area (Å²) in [6.07, 6.45) is 1.57. The van der Waals surface area contributed by atoms with Crippen molar-refractivity contribution in [2.75, 3.05) is 7.11 Å². The van der Waals surface area contributed by atoms with Crippen LogP contribution in [0.25, 0.3) is 10.9 Å². The van der Waals surface area contributed by atoms with Crippen molar-refractivity contribution in [3.8, 4) is 0 Å². The number of rotatable bonds is 5. The number of hydrogen-bond donors (Lipinski definition) is 2. The van der Waals surface area contributed by atoms with Gasteiger partial charge in [-0.1, -0.05) is 41.5 Å². The van der Waals surface area contributed by atoms with Gasteiger partial charge in [0.15, 0.2) is 0 Å². The predicted octanol–water partition coefficient (Wildman–Crippen LogP) is -1.56. The fourth-order valence-electron chi connectivity index (χ4n) is 2.47. The predicted molar refractivity (Wildman–Crippen MR) is 104 cm³/mol. The van der Waals surface area contributed by atoms with E-state index in [4.69, 9.17) is 5.73 Å². The molecule has 3 aromatic rings. The van der Waals surface area contributed by atoms with E-state index in [0.717, 1.165) is 16.5 Å². The third kappa shape index (κ3) is 5.83. The molecule has 0 bridgehead atoms. The smallest absolute Gasteiger partial charge is 0.337 e. The van der Waals surface area contributed by atoms with E-state index in [1.165, 1.54) is 7.11 Å². The quantitative estimate of drug-likeness (QED) is 0.149. The highest BCUT2D eigenvalue weighted by Gasteiger charge is 2.05. The van der Waals surface area contributed by atoms with Crippen molar-refractivity contribution in [1.82, 2.24) is 4.98 Å². The Bertz CT molecular complexity index is 1000. The molecule has 8 heteroatoms. The van der Waals surface area contributed by atoms with Gasteiger partial charge in [0.2, 0.25) is 0 Å². The van der Waals surface area contributed by atoms with Crippen LogP contribution in [0.2, 0.25) is 0 Å². The van der Waals surface area contributed by atoms with E-state index in [1.54, 1.807) is 23.7 Å². The summed E-state index contributed by atoms with van der Waals surface area (Å²) >= 11 is 0. The Morgan fingerprint density at radius 1 is 1.14 bits per heavy atom. The Kier molecular flexibility index (Phi) is 8.02. The summed E-state index contributed by atoms with van der Waals surface area (Å²) < 4.78 is 4.67. The first-order valence-electron chi connectivity index (χ1n) is 8.38. The molecule has 0 unspecified atom stereocenters. The van der Waals surface area contributed by atoms with Crippen LogP contribution < -0.4 is 35.0 Å². The van der Waals surface area contributed by atoms with Crippen LogP contribution in [0.4, 0.5) is 0 Å². The number of fused-ring (bicyclic) bond motifs is 1. The first-order valence-corrected chi connectivity index (χ1v) is 8.38. The maximum Gasteiger partial charge on any atom is 0.337 e. The highest BCUT2D eigenvalue weighted by Crippen LogP contribution is 2.10. The molecule has 7 nitrogen and oxygen atoms in total. The maximum absolute atomic E-state index is 11.4. The van der Waals surface area contributed by atoms with Gasteiger partial charge in [0.25, 0.3) is 0 Å². The third-order valence-corrected chi connectivity index (χ3v) is 3.91. The van der Waals surface area contributed by atoms with Crippen molar-refractivity contribution >= 4 is 29.0 Å². The SMILES string of the molecule is COC(=O)c1ccc(C[NH2+]/C(N)=N/N=C/c2ccc3ccccc3n2)cc1.[I-]. The summed E-state index contributed by atoms with van der Waals surface area (Å²) in [7, 11) is 1.36. The Labute approximate surface area is 179 Å². The minimum atomic E-state index is -0.358. The van der Waals surface area contributed by atoms with Crippen LogP contribution in [0.15, 0.2) is 70.9 Å². The summed E-state index contributed by atoms with van der Waals surface area (Å²) in [6, 6.07) is 18.9. The van der Waals surface area contributed by atoms with Crippen molar-refractivity contribution in [2.45, 2.75) is 6.54 Å². The Morgan fingerprint density at radius 2 is 1.89 bits per heavy atom. The topological polar surface area (TPSA) is 107 Å². The largest absolute Gasteiger partial charge is 1.00 e. The van der Waals surface area contributed by atoms with Gasteiger partial charge < -0.3 is 34.4 Å². The number of nitrogens with two attached hydrogens (primary N) is 2. The fraction of sp³-hybridized carbons (Fsp3) is 0.100. The number of guanidine groups is 1. The summed E-state index contributed by atoms with van der Waals surface area (Å²) in [5, 5.41) is 10.8. The number of carbonyl (C=O) groups excluding carboxylic acids is 1. The van der Waals surface area contributed by atoms with Crippen LogP contribution >= 0.6 is 0 Å². The average Bonchev–Trinajstić information content (AvgIpc) is 2.72. The monoisotopic (exact) mass is 489 g/mol. The van der Waals surface area contributed by atoms with Gasteiger partial charge in [-0.25, -0.2) is 9.78 Å². The molecule has 0 saturated carbocycles. The summed E-state index contributed by atoms with van der Waals surface area (Å²) in [6.45, 7) is 0.584. The zero-order chi connectivity index (χ0) is 19.1. The van der Waals surface area contributed by atoms with E-state index < -0.39 is 0 Å². The van der Waals surface area contributed by atoms with E-state index in [0.29, 0.717) is 23.8 Å². The fourth-order valence-corrected chi connectivity index (χ4v) is 2.47. The number of nitrogens with zero attached hydrogens (tertiary/aromatic N) is 3. The molecule has 0 spiro atoms. The number of pyridine rings is 1. The highest BCUT2D eigenvalue weighted by atomic mass is 127. The number of carbonyl (C=O) groups is 1. The lowest BCUT2D eigenvalue weighted by Crippen LogP contribution is -3.00. The second kappa shape index (κ2) is 10.5. The number of halogens is 1. The highest BCUT2D eigenvalue weighted by molar-refractivity contribution is 5.89. The molecule has 0 atom stereocenters. The molecule has 0 radical (unpaired) electrons. The second-order valence-electron chi connectivity index (χ2n) is 5.80. The summed E-state index contributed by atoms with van der Waals surface area (Å²) in [5.74, 6) is -0.0488. The van der Waals surface area contributed by atoms with Gasteiger partial charge in [-0.15, -0.1) is 5.10 Å². The van der Waals surface area contributed by atoms with Crippen LogP contribution in [0.3, 0.4) is 0 Å². The van der Waals surface area contributed by atoms with E-state index in [-0.39, 0.29) is 29.9 Å². The maximum atomic E-state index is 11.4. The minimum absolute atomic E-state index is 0. The number of quaternary nitrogens is 1. The van der Waals surface area contributed by atoms with E-state index in [1.807, 2.05) is 48.5 Å². The standard InChI is InChI=1S/C20H19N5O2.HI/c1-27-19(26)16-8-6-14(7-9-16)12-22-20(21)25-23-13-17-11-10-15-4-2-3-5-18(15)24-17;/h2-11,13H,12H2,1H3,(H3,21,22,25);1H/b23-13+;. The van der Waals surface area contributed by atoms with Gasteiger partial charge in [0.05, 0.1) is 30.1 Å². The Morgan fingerprint density at radius 3 is 2.64 bits per heavy atom. The Hall–Kier alpha value is -2.85. The van der Waals surface area contributed by atoms with Crippen LogP contribution in [0.5, 0.6) is 0 Å². The zero-order valence-corrected chi connectivity index (χ0v) is 17.4. The normalized spacial score (nSPS) is 11.4. The summed E-state index contributed by atoms with van der Waals surface area (Å²) in [5.41, 5.74) is 8.99. The molecule has 1 aromatic heterocycles. The molecule has 0 fully saturated rings. The number of hydrogen-bond acceptors (Lipinski definition) is 5. The molecular formula is C20H20IN5O2. The van der Waals surface area contributed by atoms with Gasteiger partial charge in [-0.3, -0.25) is 5.32 Å². The molecule has 0 aliphatic rings. The molecule has 2 aromatic carbocycles. The van der Waals surface area contributed by atoms with Crippen molar-refractivity contribution in [3.63, 3.8) is 0 Å². The molecule has 28 heavy (non-hydrogen) atoms. The number of para-hydroxylation sites is 1. The Balaban J connectivity index is 0.00000280. The van der Waals surface area contributed by atoms with E-state index in [2.05, 4.69) is 19.9 Å².